The molecule has 2 aliphatic rings. The van der Waals surface area contributed by atoms with Crippen molar-refractivity contribution in [3.8, 4) is 0 Å². The van der Waals surface area contributed by atoms with Crippen molar-refractivity contribution in [2.45, 2.75) is 37.9 Å². The van der Waals surface area contributed by atoms with E-state index in [4.69, 9.17) is 19.7 Å². The highest BCUT2D eigenvalue weighted by Gasteiger charge is 2.33. The summed E-state index contributed by atoms with van der Waals surface area (Å²) in [6, 6.07) is 0. The predicted molar refractivity (Wildman–Crippen MR) is 53.2 cm³/mol. The molecule has 2 heterocycles. The van der Waals surface area contributed by atoms with E-state index >= 15 is 0 Å². The molecule has 0 unspecified atom stereocenters. The lowest BCUT2D eigenvalue weighted by atomic mass is 10.2. The van der Waals surface area contributed by atoms with Crippen LogP contribution in [0.4, 0.5) is 0 Å². The van der Waals surface area contributed by atoms with Gasteiger partial charge in [0.15, 0.2) is 0 Å². The summed E-state index contributed by atoms with van der Waals surface area (Å²) in [7, 11) is 0. The van der Waals surface area contributed by atoms with Gasteiger partial charge in [-0.15, -0.1) is 0 Å². The topological polar surface area (TPSA) is 93.1 Å². The number of ether oxygens (including phenoxy) is 2. The fourth-order valence-corrected chi connectivity index (χ4v) is 1.64. The molecule has 2 rings (SSSR count). The quantitative estimate of drug-likeness (QED) is 0.736. The average molecular weight is 232 g/mol. The molecule has 0 aromatic heterocycles. The number of rotatable bonds is 3. The van der Waals surface area contributed by atoms with Crippen molar-refractivity contribution in [2.24, 2.45) is 0 Å². The third-order valence-electron chi connectivity index (χ3n) is 2.44. The van der Waals surface area contributed by atoms with Gasteiger partial charge in [0.2, 0.25) is 0 Å². The van der Waals surface area contributed by atoms with E-state index in [0.717, 1.165) is 26.1 Å². The van der Waals surface area contributed by atoms with E-state index in [1.165, 1.54) is 0 Å². The normalized spacial score (nSPS) is 26.8. The number of carbonyl (C=O) groups is 2. The first-order valence-electron chi connectivity index (χ1n) is 5.26. The zero-order chi connectivity index (χ0) is 12.0. The molecular weight excluding hydrogens is 216 g/mol. The fraction of sp³-hybridized carbons (Fsp3) is 0.800. The van der Waals surface area contributed by atoms with E-state index in [2.05, 4.69) is 0 Å². The predicted octanol–water partition coefficient (Wildman–Crippen LogP) is 0.500. The first kappa shape index (κ1) is 12.9. The van der Waals surface area contributed by atoms with E-state index in [-0.39, 0.29) is 12.8 Å². The van der Waals surface area contributed by atoms with Gasteiger partial charge in [0.1, 0.15) is 0 Å². The largest absolute Gasteiger partial charge is 0.481 e. The van der Waals surface area contributed by atoms with Gasteiger partial charge in [-0.3, -0.25) is 9.59 Å². The molecule has 16 heavy (non-hydrogen) atoms. The van der Waals surface area contributed by atoms with Gasteiger partial charge in [-0.05, 0) is 12.8 Å². The van der Waals surface area contributed by atoms with Gasteiger partial charge in [0.05, 0.1) is 25.0 Å². The second kappa shape index (κ2) is 6.44. The molecule has 2 N–H and O–H groups in total. The Morgan fingerprint density at radius 3 is 1.62 bits per heavy atom. The van der Waals surface area contributed by atoms with Crippen LogP contribution in [0.1, 0.15) is 25.7 Å². The van der Waals surface area contributed by atoms with Crippen LogP contribution in [0.25, 0.3) is 0 Å². The highest BCUT2D eigenvalue weighted by atomic mass is 16.6. The van der Waals surface area contributed by atoms with E-state index in [1.807, 2.05) is 0 Å². The summed E-state index contributed by atoms with van der Waals surface area (Å²) in [4.78, 5) is 19.3. The Morgan fingerprint density at radius 1 is 0.938 bits per heavy atom. The molecule has 0 spiro atoms. The van der Waals surface area contributed by atoms with Crippen LogP contribution in [0.3, 0.4) is 0 Å². The smallest absolute Gasteiger partial charge is 0.303 e. The zero-order valence-electron chi connectivity index (χ0n) is 8.92. The first-order valence-corrected chi connectivity index (χ1v) is 5.26. The van der Waals surface area contributed by atoms with Gasteiger partial charge in [-0.1, -0.05) is 0 Å². The molecule has 92 valence electrons. The minimum atomic E-state index is -1.08. The Kier molecular flexibility index (Phi) is 5.21. The van der Waals surface area contributed by atoms with Crippen molar-refractivity contribution in [2.75, 3.05) is 13.2 Å². The zero-order valence-corrected chi connectivity index (χ0v) is 8.92. The summed E-state index contributed by atoms with van der Waals surface area (Å²) in [6.07, 6.45) is 2.55. The third-order valence-corrected chi connectivity index (χ3v) is 2.44. The number of fused-ring (bicyclic) bond motifs is 1. The Labute approximate surface area is 93.2 Å². The minimum absolute atomic E-state index is 0.296. The molecule has 6 heteroatoms. The summed E-state index contributed by atoms with van der Waals surface area (Å²) in [5.41, 5.74) is 0. The Morgan fingerprint density at radius 2 is 1.31 bits per heavy atom. The maximum Gasteiger partial charge on any atom is 0.303 e. The molecule has 2 aliphatic heterocycles. The minimum Gasteiger partial charge on any atom is -0.481 e. The van der Waals surface area contributed by atoms with Gasteiger partial charge in [-0.25, -0.2) is 0 Å². The second-order valence-electron chi connectivity index (χ2n) is 3.68. The number of carboxylic acid groups (broad SMARTS) is 2. The van der Waals surface area contributed by atoms with Crippen LogP contribution in [0, 0.1) is 0 Å². The van der Waals surface area contributed by atoms with Crippen LogP contribution in [-0.4, -0.2) is 47.6 Å². The Bertz CT molecular complexity index is 218. The van der Waals surface area contributed by atoms with Crippen molar-refractivity contribution < 1.29 is 29.3 Å². The maximum absolute atomic E-state index is 9.64. The maximum atomic E-state index is 9.64. The molecule has 0 aromatic rings. The highest BCUT2D eigenvalue weighted by molar-refractivity contribution is 5.75. The number of hydrogen-bond donors (Lipinski definition) is 2. The van der Waals surface area contributed by atoms with Gasteiger partial charge in [0, 0.05) is 13.2 Å². The van der Waals surface area contributed by atoms with Crippen LogP contribution in [0.2, 0.25) is 0 Å². The molecule has 0 aliphatic carbocycles. The van der Waals surface area contributed by atoms with Crippen molar-refractivity contribution in [3.63, 3.8) is 0 Å². The molecule has 6 nitrogen and oxygen atoms in total. The Balaban J connectivity index is 0.000000160. The average Bonchev–Trinajstić information content (AvgIpc) is 2.76. The van der Waals surface area contributed by atoms with E-state index in [0.29, 0.717) is 12.2 Å². The molecule has 2 fully saturated rings. The number of carboxylic acids is 2. The van der Waals surface area contributed by atoms with E-state index in [9.17, 15) is 9.59 Å². The fourth-order valence-electron chi connectivity index (χ4n) is 1.64. The molecule has 0 aromatic carbocycles. The SMILES string of the molecule is C1C[C@H]2OCC[C@H]2O1.O=C(O)CCC(=O)O. The Hall–Kier alpha value is -1.14. The molecule has 2 atom stereocenters. The molecule has 2 saturated heterocycles. The van der Waals surface area contributed by atoms with Crippen molar-refractivity contribution in [3.05, 3.63) is 0 Å². The number of aliphatic carboxylic acids is 2. The van der Waals surface area contributed by atoms with Crippen LogP contribution in [-0.2, 0) is 19.1 Å². The van der Waals surface area contributed by atoms with Gasteiger partial charge >= 0.3 is 11.9 Å². The van der Waals surface area contributed by atoms with Crippen molar-refractivity contribution in [1.82, 2.24) is 0 Å². The van der Waals surface area contributed by atoms with Gasteiger partial charge < -0.3 is 19.7 Å². The summed E-state index contributed by atoms with van der Waals surface area (Å²) in [6.45, 7) is 1.82. The lowest BCUT2D eigenvalue weighted by molar-refractivity contribution is -0.143. The molecule has 0 bridgehead atoms. The lowest BCUT2D eigenvalue weighted by Crippen LogP contribution is -2.13. The summed E-state index contributed by atoms with van der Waals surface area (Å²) < 4.78 is 10.7. The van der Waals surface area contributed by atoms with E-state index in [1.54, 1.807) is 0 Å². The van der Waals surface area contributed by atoms with Crippen LogP contribution >= 0.6 is 0 Å². The van der Waals surface area contributed by atoms with Crippen LogP contribution in [0.5, 0.6) is 0 Å². The number of hydrogen-bond acceptors (Lipinski definition) is 4. The highest BCUT2D eigenvalue weighted by Crippen LogP contribution is 2.25. The van der Waals surface area contributed by atoms with Crippen LogP contribution < -0.4 is 0 Å². The van der Waals surface area contributed by atoms with Crippen LogP contribution in [0.15, 0.2) is 0 Å². The van der Waals surface area contributed by atoms with Crippen molar-refractivity contribution in [1.29, 1.82) is 0 Å². The summed E-state index contributed by atoms with van der Waals surface area (Å²) in [5, 5.41) is 15.8. The molecular formula is C10H16O6. The molecule has 0 radical (unpaired) electrons. The molecule has 0 amide bonds. The standard InChI is InChI=1S/C6H10O2.C4H6O4/c1-3-7-6-2-4-8-5(1)6;5-3(6)1-2-4(7)8/h5-6H,1-4H2;1-2H2,(H,5,6)(H,7,8)/t5-,6-;/m1./s1. The van der Waals surface area contributed by atoms with E-state index < -0.39 is 11.9 Å². The van der Waals surface area contributed by atoms with Gasteiger partial charge in [-0.2, -0.15) is 0 Å². The summed E-state index contributed by atoms with van der Waals surface area (Å²) in [5.74, 6) is -2.15. The molecule has 0 saturated carbocycles. The summed E-state index contributed by atoms with van der Waals surface area (Å²) >= 11 is 0. The first-order chi connectivity index (χ1) is 7.59. The lowest BCUT2D eigenvalue weighted by Gasteiger charge is -2.03. The second-order valence-corrected chi connectivity index (χ2v) is 3.68. The monoisotopic (exact) mass is 232 g/mol. The third kappa shape index (κ3) is 4.59. The van der Waals surface area contributed by atoms with Crippen molar-refractivity contribution >= 4 is 11.9 Å². The van der Waals surface area contributed by atoms with Gasteiger partial charge in [0.25, 0.3) is 0 Å².